The van der Waals surface area contributed by atoms with Gasteiger partial charge in [-0.3, -0.25) is 4.79 Å². The third-order valence-electron chi connectivity index (χ3n) is 5.87. The van der Waals surface area contributed by atoms with Crippen molar-refractivity contribution in [1.29, 1.82) is 0 Å². The minimum absolute atomic E-state index is 0.0818. The molecule has 3 aromatic carbocycles. The van der Waals surface area contributed by atoms with E-state index in [9.17, 15) is 9.90 Å². The predicted molar refractivity (Wildman–Crippen MR) is 129 cm³/mol. The van der Waals surface area contributed by atoms with Crippen LogP contribution in [0.25, 0.3) is 10.1 Å². The molecule has 0 aliphatic carbocycles. The zero-order valence-corrected chi connectivity index (χ0v) is 18.8. The van der Waals surface area contributed by atoms with Crippen molar-refractivity contribution in [2.24, 2.45) is 5.92 Å². The number of phenolic OH excluding ortho intramolecular Hbond substituents is 1. The van der Waals surface area contributed by atoms with E-state index in [-0.39, 0.29) is 11.5 Å². The van der Waals surface area contributed by atoms with Gasteiger partial charge in [-0.1, -0.05) is 49.4 Å². The molecule has 0 bridgehead atoms. The van der Waals surface area contributed by atoms with Crippen LogP contribution in [0, 0.1) is 5.92 Å². The summed E-state index contributed by atoms with van der Waals surface area (Å²) in [5.41, 5.74) is 1.89. The summed E-state index contributed by atoms with van der Waals surface area (Å²) in [7, 11) is 0. The molecular formula is C27H25NO3S. The Morgan fingerprint density at radius 1 is 1.06 bits per heavy atom. The minimum atomic E-state index is -0.0818. The first-order valence-corrected chi connectivity index (χ1v) is 11.7. The van der Waals surface area contributed by atoms with Crippen LogP contribution in [-0.2, 0) is 6.42 Å². The van der Waals surface area contributed by atoms with Crippen LogP contribution in [0.5, 0.6) is 17.2 Å². The van der Waals surface area contributed by atoms with Crippen molar-refractivity contribution >= 4 is 27.2 Å². The molecule has 0 spiro atoms. The Morgan fingerprint density at radius 3 is 2.53 bits per heavy atom. The van der Waals surface area contributed by atoms with Crippen molar-refractivity contribution in [2.75, 3.05) is 19.6 Å². The number of benzene rings is 3. The van der Waals surface area contributed by atoms with Crippen LogP contribution in [0.2, 0.25) is 0 Å². The number of rotatable bonds is 7. The van der Waals surface area contributed by atoms with Crippen molar-refractivity contribution in [3.8, 4) is 17.2 Å². The Bertz CT molecular complexity index is 1240. The van der Waals surface area contributed by atoms with Gasteiger partial charge < -0.3 is 14.7 Å². The van der Waals surface area contributed by atoms with Crippen molar-refractivity contribution in [2.45, 2.75) is 13.3 Å². The summed E-state index contributed by atoms with van der Waals surface area (Å²) in [6.07, 6.45) is 1.02. The van der Waals surface area contributed by atoms with Gasteiger partial charge >= 0.3 is 0 Å². The number of ketones is 1. The van der Waals surface area contributed by atoms with Crippen LogP contribution in [0.4, 0.5) is 0 Å². The molecule has 1 aliphatic rings. The van der Waals surface area contributed by atoms with Gasteiger partial charge in [0, 0.05) is 35.3 Å². The van der Waals surface area contributed by atoms with Crippen LogP contribution in [0.1, 0.15) is 27.7 Å². The molecule has 0 atom stereocenters. The summed E-state index contributed by atoms with van der Waals surface area (Å²) in [5, 5.41) is 10.7. The average molecular weight is 444 g/mol. The molecule has 0 saturated carbocycles. The van der Waals surface area contributed by atoms with Crippen LogP contribution in [0.15, 0.2) is 72.8 Å². The summed E-state index contributed by atoms with van der Waals surface area (Å²) in [5.74, 6) is 2.15. The molecule has 5 heteroatoms. The fourth-order valence-corrected chi connectivity index (χ4v) is 5.30. The van der Waals surface area contributed by atoms with E-state index in [2.05, 4.69) is 24.0 Å². The maximum absolute atomic E-state index is 13.2. The van der Waals surface area contributed by atoms with Crippen molar-refractivity contribution < 1.29 is 14.6 Å². The molecule has 0 unspecified atom stereocenters. The van der Waals surface area contributed by atoms with Gasteiger partial charge in [0.25, 0.3) is 0 Å². The fraction of sp³-hybridized carbons (Fsp3) is 0.222. The SMILES string of the molecule is CC1CN(CCc2ccc(Oc3c(C(=O)c4ccccc4)sc4cc(O)ccc34)cc2)C1. The number of ether oxygens (including phenoxy) is 1. The van der Waals surface area contributed by atoms with Gasteiger partial charge in [0.2, 0.25) is 5.78 Å². The van der Waals surface area contributed by atoms with E-state index < -0.39 is 0 Å². The fourth-order valence-electron chi connectivity index (χ4n) is 4.17. The van der Waals surface area contributed by atoms with E-state index in [4.69, 9.17) is 4.74 Å². The monoisotopic (exact) mass is 443 g/mol. The zero-order chi connectivity index (χ0) is 22.1. The summed E-state index contributed by atoms with van der Waals surface area (Å²) in [6.45, 7) is 5.76. The van der Waals surface area contributed by atoms with Gasteiger partial charge in [-0.15, -0.1) is 11.3 Å². The maximum Gasteiger partial charge on any atom is 0.206 e. The number of carbonyl (C=O) groups is 1. The first-order valence-electron chi connectivity index (χ1n) is 10.9. The third kappa shape index (κ3) is 4.27. The second-order valence-electron chi connectivity index (χ2n) is 8.50. The zero-order valence-electron chi connectivity index (χ0n) is 18.0. The molecule has 4 nitrogen and oxygen atoms in total. The number of carbonyl (C=O) groups excluding carboxylic acids is 1. The Kier molecular flexibility index (Phi) is 5.68. The number of likely N-dealkylation sites (tertiary alicyclic amines) is 1. The van der Waals surface area contributed by atoms with Gasteiger partial charge in [0.15, 0.2) is 5.75 Å². The lowest BCUT2D eigenvalue weighted by Crippen LogP contribution is -2.45. The van der Waals surface area contributed by atoms with Crippen LogP contribution in [0.3, 0.4) is 0 Å². The molecule has 162 valence electrons. The number of aromatic hydroxyl groups is 1. The summed E-state index contributed by atoms with van der Waals surface area (Å²) < 4.78 is 7.09. The lowest BCUT2D eigenvalue weighted by Gasteiger charge is -2.37. The van der Waals surface area contributed by atoms with Gasteiger partial charge in [0.05, 0.1) is 0 Å². The molecule has 1 N–H and O–H groups in total. The molecule has 5 rings (SSSR count). The molecule has 1 fully saturated rings. The molecule has 0 amide bonds. The predicted octanol–water partition coefficient (Wildman–Crippen LogP) is 6.12. The molecular weight excluding hydrogens is 418 g/mol. The van der Waals surface area contributed by atoms with E-state index in [1.807, 2.05) is 42.5 Å². The summed E-state index contributed by atoms with van der Waals surface area (Å²) >= 11 is 1.34. The van der Waals surface area contributed by atoms with Gasteiger partial charge in [-0.2, -0.15) is 0 Å². The molecule has 1 aliphatic heterocycles. The lowest BCUT2D eigenvalue weighted by atomic mass is 10.0. The number of hydrogen-bond donors (Lipinski definition) is 1. The van der Waals surface area contributed by atoms with Crippen LogP contribution in [-0.4, -0.2) is 35.4 Å². The number of fused-ring (bicyclic) bond motifs is 1. The van der Waals surface area contributed by atoms with Crippen molar-refractivity contribution in [3.63, 3.8) is 0 Å². The normalized spacial score (nSPS) is 14.4. The summed E-state index contributed by atoms with van der Waals surface area (Å²) in [4.78, 5) is 16.2. The maximum atomic E-state index is 13.2. The Morgan fingerprint density at radius 2 is 1.81 bits per heavy atom. The highest BCUT2D eigenvalue weighted by Gasteiger charge is 2.23. The Balaban J connectivity index is 1.41. The number of thiophene rings is 1. The van der Waals surface area contributed by atoms with Crippen LogP contribution < -0.4 is 4.74 Å². The van der Waals surface area contributed by atoms with Gasteiger partial charge in [0.1, 0.15) is 16.4 Å². The lowest BCUT2D eigenvalue weighted by molar-refractivity contribution is 0.104. The van der Waals surface area contributed by atoms with E-state index in [0.29, 0.717) is 21.9 Å². The molecule has 1 aromatic heterocycles. The molecule has 0 radical (unpaired) electrons. The van der Waals surface area contributed by atoms with Crippen molar-refractivity contribution in [1.82, 2.24) is 4.90 Å². The highest BCUT2D eigenvalue weighted by molar-refractivity contribution is 7.21. The first-order chi connectivity index (χ1) is 15.6. The number of phenols is 1. The third-order valence-corrected chi connectivity index (χ3v) is 7.00. The highest BCUT2D eigenvalue weighted by atomic mass is 32.1. The van der Waals surface area contributed by atoms with Gasteiger partial charge in [-0.05, 0) is 48.2 Å². The quantitative estimate of drug-likeness (QED) is 0.349. The number of hydrogen-bond acceptors (Lipinski definition) is 5. The Hall–Kier alpha value is -3.15. The molecule has 2 heterocycles. The molecule has 32 heavy (non-hydrogen) atoms. The second-order valence-corrected chi connectivity index (χ2v) is 9.55. The molecule has 4 aromatic rings. The largest absolute Gasteiger partial charge is 0.508 e. The molecule has 1 saturated heterocycles. The van der Waals surface area contributed by atoms with E-state index in [1.54, 1.807) is 18.2 Å². The summed E-state index contributed by atoms with van der Waals surface area (Å²) in [6, 6.07) is 22.4. The van der Waals surface area contributed by atoms with Crippen molar-refractivity contribution in [3.05, 3.63) is 88.8 Å². The Labute approximate surface area is 191 Å². The second kappa shape index (κ2) is 8.77. The van der Waals surface area contributed by atoms with E-state index in [0.717, 1.165) is 29.0 Å². The van der Waals surface area contributed by atoms with E-state index >= 15 is 0 Å². The average Bonchev–Trinajstić information content (AvgIpc) is 3.14. The standard InChI is InChI=1S/C27H25NO3S/c1-18-16-28(17-18)14-13-19-7-10-22(11-8-19)31-26-23-12-9-21(29)15-24(23)32-27(26)25(30)20-5-3-2-4-6-20/h2-12,15,18,29H,13-14,16-17H2,1H3. The van der Waals surface area contributed by atoms with Crippen LogP contribution >= 0.6 is 11.3 Å². The topological polar surface area (TPSA) is 49.8 Å². The van der Waals surface area contributed by atoms with E-state index in [1.165, 1.54) is 30.0 Å². The van der Waals surface area contributed by atoms with Gasteiger partial charge in [-0.25, -0.2) is 0 Å². The smallest absolute Gasteiger partial charge is 0.206 e. The first kappa shape index (κ1) is 20.7. The number of nitrogens with zero attached hydrogens (tertiary/aromatic N) is 1. The minimum Gasteiger partial charge on any atom is -0.508 e. The highest BCUT2D eigenvalue weighted by Crippen LogP contribution is 2.42.